The van der Waals surface area contributed by atoms with Crippen molar-refractivity contribution in [2.24, 2.45) is 12.8 Å². The van der Waals surface area contributed by atoms with Gasteiger partial charge in [-0.05, 0) is 23.4 Å². The topological polar surface area (TPSA) is 69.6 Å². The molecule has 1 unspecified atom stereocenters. The van der Waals surface area contributed by atoms with Crippen LogP contribution in [0, 0.1) is 0 Å². The van der Waals surface area contributed by atoms with E-state index in [4.69, 9.17) is 17.3 Å². The Balaban J connectivity index is 2.20. The number of hydrogen-bond acceptors (Lipinski definition) is 4. The predicted octanol–water partition coefficient (Wildman–Crippen LogP) is 1.15. The van der Waals surface area contributed by atoms with Gasteiger partial charge in [-0.25, -0.2) is 0 Å². The summed E-state index contributed by atoms with van der Waals surface area (Å²) in [4.78, 5) is 1.44. The molecule has 0 amide bonds. The maximum atomic E-state index is 6.15. The van der Waals surface area contributed by atoms with Crippen molar-refractivity contribution in [2.75, 3.05) is 6.54 Å². The highest BCUT2D eigenvalue weighted by molar-refractivity contribution is 6.31. The maximum absolute atomic E-state index is 6.15. The van der Waals surface area contributed by atoms with E-state index < -0.39 is 0 Å². The maximum Gasteiger partial charge on any atom is 0.175 e. The van der Waals surface area contributed by atoms with Crippen molar-refractivity contribution < 1.29 is 0 Å². The summed E-state index contributed by atoms with van der Waals surface area (Å²) < 4.78 is 0. The fourth-order valence-corrected chi connectivity index (χ4v) is 2.04. The standard InChI is InChI=1S/C11H14ClN5/c1-17-15-11(14-16-17)6-8(7-13)9-4-2-3-5-10(9)12/h2-5,8H,6-7,13H2,1H3. The first-order valence-corrected chi connectivity index (χ1v) is 5.76. The molecule has 0 saturated heterocycles. The van der Waals surface area contributed by atoms with Gasteiger partial charge in [0, 0.05) is 17.4 Å². The van der Waals surface area contributed by atoms with E-state index in [9.17, 15) is 0 Å². The number of halogens is 1. The number of aryl methyl sites for hydroxylation is 1. The molecule has 2 rings (SSSR count). The van der Waals surface area contributed by atoms with Crippen LogP contribution in [-0.4, -0.2) is 26.8 Å². The Morgan fingerprint density at radius 2 is 2.18 bits per heavy atom. The van der Waals surface area contributed by atoms with Crippen molar-refractivity contribution in [3.05, 3.63) is 40.7 Å². The highest BCUT2D eigenvalue weighted by atomic mass is 35.5. The zero-order valence-electron chi connectivity index (χ0n) is 9.55. The Labute approximate surface area is 105 Å². The van der Waals surface area contributed by atoms with Gasteiger partial charge in [-0.2, -0.15) is 4.80 Å². The molecule has 0 bridgehead atoms. The molecule has 0 aliphatic carbocycles. The number of rotatable bonds is 4. The summed E-state index contributed by atoms with van der Waals surface area (Å²) >= 11 is 6.15. The minimum atomic E-state index is 0.118. The van der Waals surface area contributed by atoms with Gasteiger partial charge in [-0.3, -0.25) is 0 Å². The SMILES string of the molecule is Cn1nnc(CC(CN)c2ccccc2Cl)n1. The molecule has 0 aliphatic heterocycles. The smallest absolute Gasteiger partial charge is 0.175 e. The van der Waals surface area contributed by atoms with Crippen molar-refractivity contribution in [2.45, 2.75) is 12.3 Å². The average Bonchev–Trinajstić information content (AvgIpc) is 2.73. The number of nitrogens with two attached hydrogens (primary N) is 1. The number of aromatic nitrogens is 4. The van der Waals surface area contributed by atoms with Crippen LogP contribution in [0.25, 0.3) is 0 Å². The molecular formula is C11H14ClN5. The van der Waals surface area contributed by atoms with Crippen molar-refractivity contribution >= 4 is 11.6 Å². The van der Waals surface area contributed by atoms with Gasteiger partial charge in [0.25, 0.3) is 0 Å². The van der Waals surface area contributed by atoms with Crippen LogP contribution in [0.4, 0.5) is 0 Å². The van der Waals surface area contributed by atoms with Gasteiger partial charge >= 0.3 is 0 Å². The minimum absolute atomic E-state index is 0.118. The lowest BCUT2D eigenvalue weighted by atomic mass is 9.95. The molecule has 0 spiro atoms. The Bertz CT molecular complexity index is 496. The van der Waals surface area contributed by atoms with Gasteiger partial charge in [0.2, 0.25) is 0 Å². The molecule has 5 nitrogen and oxygen atoms in total. The summed E-state index contributed by atoms with van der Waals surface area (Å²) in [6, 6.07) is 7.70. The molecular weight excluding hydrogens is 238 g/mol. The summed E-state index contributed by atoms with van der Waals surface area (Å²) in [5.41, 5.74) is 6.82. The minimum Gasteiger partial charge on any atom is -0.330 e. The molecule has 90 valence electrons. The van der Waals surface area contributed by atoms with Crippen LogP contribution in [0.5, 0.6) is 0 Å². The third-order valence-electron chi connectivity index (χ3n) is 2.61. The second kappa shape index (κ2) is 5.25. The summed E-state index contributed by atoms with van der Waals surface area (Å²) in [7, 11) is 1.74. The van der Waals surface area contributed by atoms with Crippen molar-refractivity contribution in [1.82, 2.24) is 20.2 Å². The zero-order valence-corrected chi connectivity index (χ0v) is 10.3. The van der Waals surface area contributed by atoms with Gasteiger partial charge in [0.1, 0.15) is 0 Å². The summed E-state index contributed by atoms with van der Waals surface area (Å²) in [5.74, 6) is 0.802. The van der Waals surface area contributed by atoms with Crippen LogP contribution in [0.2, 0.25) is 5.02 Å². The molecule has 17 heavy (non-hydrogen) atoms. The highest BCUT2D eigenvalue weighted by Gasteiger charge is 2.16. The Kier molecular flexibility index (Phi) is 3.71. The molecule has 2 N–H and O–H groups in total. The monoisotopic (exact) mass is 251 g/mol. The van der Waals surface area contributed by atoms with Gasteiger partial charge in [-0.1, -0.05) is 29.8 Å². The van der Waals surface area contributed by atoms with E-state index in [0.29, 0.717) is 18.8 Å². The van der Waals surface area contributed by atoms with Gasteiger partial charge in [-0.15, -0.1) is 10.2 Å². The molecule has 1 aromatic heterocycles. The molecule has 1 heterocycles. The van der Waals surface area contributed by atoms with Gasteiger partial charge in [0.05, 0.1) is 7.05 Å². The zero-order chi connectivity index (χ0) is 12.3. The summed E-state index contributed by atoms with van der Waals surface area (Å²) in [5, 5.41) is 12.6. The molecule has 1 aromatic carbocycles. The molecule has 0 fully saturated rings. The largest absolute Gasteiger partial charge is 0.330 e. The predicted molar refractivity (Wildman–Crippen MR) is 65.7 cm³/mol. The van der Waals surface area contributed by atoms with Crippen LogP contribution in [-0.2, 0) is 13.5 Å². The number of tetrazole rings is 1. The lowest BCUT2D eigenvalue weighted by Crippen LogP contribution is -2.16. The van der Waals surface area contributed by atoms with Crippen LogP contribution >= 0.6 is 11.6 Å². The van der Waals surface area contributed by atoms with Gasteiger partial charge < -0.3 is 5.73 Å². The van der Waals surface area contributed by atoms with E-state index in [2.05, 4.69) is 15.4 Å². The lowest BCUT2D eigenvalue weighted by Gasteiger charge is -2.14. The first-order valence-electron chi connectivity index (χ1n) is 5.38. The Morgan fingerprint density at radius 1 is 1.41 bits per heavy atom. The second-order valence-electron chi connectivity index (χ2n) is 3.85. The Hall–Kier alpha value is -1.46. The molecule has 0 saturated carbocycles. The van der Waals surface area contributed by atoms with Crippen molar-refractivity contribution in [1.29, 1.82) is 0 Å². The van der Waals surface area contributed by atoms with E-state index in [1.54, 1.807) is 7.05 Å². The normalized spacial score (nSPS) is 12.6. The second-order valence-corrected chi connectivity index (χ2v) is 4.26. The van der Waals surface area contributed by atoms with Crippen LogP contribution in [0.3, 0.4) is 0 Å². The third kappa shape index (κ3) is 2.81. The van der Waals surface area contributed by atoms with E-state index in [0.717, 1.165) is 10.6 Å². The Morgan fingerprint density at radius 3 is 2.76 bits per heavy atom. The van der Waals surface area contributed by atoms with Crippen molar-refractivity contribution in [3.8, 4) is 0 Å². The highest BCUT2D eigenvalue weighted by Crippen LogP contribution is 2.25. The fraction of sp³-hybridized carbons (Fsp3) is 0.364. The van der Waals surface area contributed by atoms with Crippen molar-refractivity contribution in [3.63, 3.8) is 0 Å². The lowest BCUT2D eigenvalue weighted by molar-refractivity contribution is 0.620. The number of benzene rings is 1. The van der Waals surface area contributed by atoms with E-state index in [1.807, 2.05) is 24.3 Å². The van der Waals surface area contributed by atoms with Gasteiger partial charge in [0.15, 0.2) is 5.82 Å². The van der Waals surface area contributed by atoms with Crippen LogP contribution in [0.1, 0.15) is 17.3 Å². The number of nitrogens with zero attached hydrogens (tertiary/aromatic N) is 4. The van der Waals surface area contributed by atoms with E-state index in [1.165, 1.54) is 4.80 Å². The first-order chi connectivity index (χ1) is 8.20. The van der Waals surface area contributed by atoms with E-state index in [-0.39, 0.29) is 5.92 Å². The summed E-state index contributed by atoms with van der Waals surface area (Å²) in [6.45, 7) is 0.502. The fourth-order valence-electron chi connectivity index (χ4n) is 1.75. The molecule has 0 aliphatic rings. The molecule has 1 atom stereocenters. The first kappa shape index (κ1) is 12.0. The average molecular weight is 252 g/mol. The third-order valence-corrected chi connectivity index (χ3v) is 2.95. The molecule has 0 radical (unpaired) electrons. The quantitative estimate of drug-likeness (QED) is 0.885. The van der Waals surface area contributed by atoms with Crippen LogP contribution in [0.15, 0.2) is 24.3 Å². The summed E-state index contributed by atoms with van der Waals surface area (Å²) in [6.07, 6.45) is 0.647. The molecule has 2 aromatic rings. The van der Waals surface area contributed by atoms with Crippen LogP contribution < -0.4 is 5.73 Å². The number of hydrogen-bond donors (Lipinski definition) is 1. The van der Waals surface area contributed by atoms with E-state index >= 15 is 0 Å². The molecule has 6 heteroatoms.